The average molecular weight is 377 g/mol. The maximum absolute atomic E-state index is 12.2. The normalized spacial score (nSPS) is 11.4. The van der Waals surface area contributed by atoms with Crippen molar-refractivity contribution < 1.29 is 14.7 Å². The summed E-state index contributed by atoms with van der Waals surface area (Å²) in [6, 6.07) is 4.42. The second-order valence-corrected chi connectivity index (χ2v) is 5.50. The SMILES string of the molecule is O=NN(CCCl)C(=O)NC(Cc1ccc(O)cc1)C(=O)NCCCl. The van der Waals surface area contributed by atoms with Crippen LogP contribution in [0.4, 0.5) is 4.79 Å². The monoisotopic (exact) mass is 376 g/mol. The quantitative estimate of drug-likeness (QED) is 0.345. The Balaban J connectivity index is 2.83. The highest BCUT2D eigenvalue weighted by atomic mass is 35.5. The van der Waals surface area contributed by atoms with Gasteiger partial charge in [0.15, 0.2) is 0 Å². The van der Waals surface area contributed by atoms with E-state index in [2.05, 4.69) is 15.9 Å². The Morgan fingerprint density at radius 1 is 1.21 bits per heavy atom. The zero-order valence-electron chi connectivity index (χ0n) is 12.7. The number of hydrogen-bond acceptors (Lipinski definition) is 5. The van der Waals surface area contributed by atoms with Gasteiger partial charge in [-0.25, -0.2) is 4.79 Å². The van der Waals surface area contributed by atoms with Gasteiger partial charge < -0.3 is 15.7 Å². The van der Waals surface area contributed by atoms with Crippen LogP contribution in [-0.2, 0) is 11.2 Å². The molecule has 8 nitrogen and oxygen atoms in total. The highest BCUT2D eigenvalue weighted by molar-refractivity contribution is 6.18. The molecule has 1 aromatic carbocycles. The third-order valence-corrected chi connectivity index (χ3v) is 3.37. The first-order valence-corrected chi connectivity index (χ1v) is 8.17. The maximum Gasteiger partial charge on any atom is 0.341 e. The van der Waals surface area contributed by atoms with Gasteiger partial charge in [-0.05, 0) is 17.7 Å². The number of urea groups is 1. The Bertz CT molecular complexity index is 556. The van der Waals surface area contributed by atoms with Crippen molar-refractivity contribution in [2.24, 2.45) is 5.29 Å². The van der Waals surface area contributed by atoms with E-state index in [4.69, 9.17) is 23.2 Å². The summed E-state index contributed by atoms with van der Waals surface area (Å²) in [4.78, 5) is 34.9. The number of benzene rings is 1. The molecule has 1 rings (SSSR count). The van der Waals surface area contributed by atoms with Gasteiger partial charge in [0, 0.05) is 24.7 Å². The van der Waals surface area contributed by atoms with Crippen molar-refractivity contribution in [1.82, 2.24) is 15.6 Å². The topological polar surface area (TPSA) is 111 Å². The van der Waals surface area contributed by atoms with E-state index in [1.165, 1.54) is 12.1 Å². The van der Waals surface area contributed by atoms with Crippen LogP contribution in [0, 0.1) is 4.91 Å². The molecule has 10 heteroatoms. The lowest BCUT2D eigenvalue weighted by atomic mass is 10.1. The molecular weight excluding hydrogens is 359 g/mol. The predicted octanol–water partition coefficient (Wildman–Crippen LogP) is 1.59. The van der Waals surface area contributed by atoms with Gasteiger partial charge in [0.05, 0.1) is 11.8 Å². The van der Waals surface area contributed by atoms with Crippen molar-refractivity contribution in [3.8, 4) is 5.75 Å². The van der Waals surface area contributed by atoms with Gasteiger partial charge in [-0.1, -0.05) is 12.1 Å². The van der Waals surface area contributed by atoms with E-state index in [1.807, 2.05) is 0 Å². The lowest BCUT2D eigenvalue weighted by molar-refractivity contribution is -0.122. The van der Waals surface area contributed by atoms with E-state index in [1.54, 1.807) is 12.1 Å². The third kappa shape index (κ3) is 6.59. The molecule has 0 aromatic heterocycles. The molecular formula is C14H18Cl2N4O4. The zero-order valence-corrected chi connectivity index (χ0v) is 14.3. The van der Waals surface area contributed by atoms with E-state index in [-0.39, 0.29) is 37.0 Å². The first kappa shape index (κ1) is 20.0. The molecule has 0 saturated carbocycles. The Morgan fingerprint density at radius 2 is 1.88 bits per heavy atom. The molecule has 0 heterocycles. The Hall–Kier alpha value is -2.06. The average Bonchev–Trinajstić information content (AvgIpc) is 2.58. The van der Waals surface area contributed by atoms with Gasteiger partial charge in [0.2, 0.25) is 5.91 Å². The molecule has 1 aromatic rings. The molecule has 0 aliphatic rings. The Morgan fingerprint density at radius 3 is 2.42 bits per heavy atom. The van der Waals surface area contributed by atoms with Crippen molar-refractivity contribution in [3.05, 3.63) is 34.7 Å². The highest BCUT2D eigenvalue weighted by Gasteiger charge is 2.24. The van der Waals surface area contributed by atoms with Gasteiger partial charge >= 0.3 is 6.03 Å². The van der Waals surface area contributed by atoms with E-state index < -0.39 is 18.0 Å². The number of carbonyl (C=O) groups excluding carboxylic acids is 2. The van der Waals surface area contributed by atoms with Crippen molar-refractivity contribution in [2.45, 2.75) is 12.5 Å². The molecule has 1 atom stereocenters. The number of alkyl halides is 2. The summed E-state index contributed by atoms with van der Waals surface area (Å²) in [6.45, 7) is 0.159. The number of nitrogens with one attached hydrogen (secondary N) is 2. The predicted molar refractivity (Wildman–Crippen MR) is 91.1 cm³/mol. The fourth-order valence-electron chi connectivity index (χ4n) is 1.85. The van der Waals surface area contributed by atoms with Crippen LogP contribution in [0.2, 0.25) is 0 Å². The third-order valence-electron chi connectivity index (χ3n) is 3.01. The first-order chi connectivity index (χ1) is 11.5. The number of halogens is 2. The Kier molecular flexibility index (Phi) is 8.88. The van der Waals surface area contributed by atoms with Gasteiger partial charge in [0.25, 0.3) is 0 Å². The van der Waals surface area contributed by atoms with Gasteiger partial charge in [-0.3, -0.25) is 4.79 Å². The second kappa shape index (κ2) is 10.7. The fourth-order valence-corrected chi connectivity index (χ4v) is 2.11. The summed E-state index contributed by atoms with van der Waals surface area (Å²) in [5, 5.41) is 17.5. The summed E-state index contributed by atoms with van der Waals surface area (Å²) in [5.41, 5.74) is 0.710. The van der Waals surface area contributed by atoms with Crippen molar-refractivity contribution in [1.29, 1.82) is 0 Å². The van der Waals surface area contributed by atoms with Crippen molar-refractivity contribution >= 4 is 35.1 Å². The van der Waals surface area contributed by atoms with Crippen LogP contribution in [0.25, 0.3) is 0 Å². The van der Waals surface area contributed by atoms with Gasteiger partial charge in [0.1, 0.15) is 11.8 Å². The molecule has 3 amide bonds. The van der Waals surface area contributed by atoms with Crippen LogP contribution < -0.4 is 10.6 Å². The lowest BCUT2D eigenvalue weighted by Gasteiger charge is -2.21. The Labute approximate surface area is 149 Å². The van der Waals surface area contributed by atoms with Crippen LogP contribution in [0.3, 0.4) is 0 Å². The number of amides is 3. The minimum Gasteiger partial charge on any atom is -0.508 e. The number of nitroso groups, excluding NO2 is 1. The number of hydrogen-bond donors (Lipinski definition) is 3. The summed E-state index contributed by atoms with van der Waals surface area (Å²) in [7, 11) is 0. The van der Waals surface area contributed by atoms with E-state index in [9.17, 15) is 19.6 Å². The second-order valence-electron chi connectivity index (χ2n) is 4.75. The number of rotatable bonds is 9. The summed E-state index contributed by atoms with van der Waals surface area (Å²) < 4.78 is 0. The molecule has 0 fully saturated rings. The van der Waals surface area contributed by atoms with Crippen molar-refractivity contribution in [2.75, 3.05) is 24.8 Å². The maximum atomic E-state index is 12.2. The molecule has 132 valence electrons. The van der Waals surface area contributed by atoms with Gasteiger partial charge in [-0.2, -0.15) is 5.01 Å². The highest BCUT2D eigenvalue weighted by Crippen LogP contribution is 2.11. The van der Waals surface area contributed by atoms with E-state index in [0.717, 1.165) is 0 Å². The summed E-state index contributed by atoms with van der Waals surface area (Å²) >= 11 is 11.0. The minimum absolute atomic E-state index is 0.0280. The molecule has 24 heavy (non-hydrogen) atoms. The van der Waals surface area contributed by atoms with E-state index in [0.29, 0.717) is 10.6 Å². The molecule has 1 unspecified atom stereocenters. The first-order valence-electron chi connectivity index (χ1n) is 7.10. The molecule has 0 spiro atoms. The van der Waals surface area contributed by atoms with Crippen LogP contribution in [-0.4, -0.2) is 52.9 Å². The number of carbonyl (C=O) groups is 2. The van der Waals surface area contributed by atoms with Crippen LogP contribution >= 0.6 is 23.2 Å². The standard InChI is InChI=1S/C14H18Cl2N4O4/c15-5-7-17-13(22)12(9-10-1-3-11(21)4-2-10)18-14(23)20(19-24)8-6-16/h1-4,12,21H,5-9H2,(H,17,22)(H,18,23). The van der Waals surface area contributed by atoms with Crippen LogP contribution in [0.5, 0.6) is 5.75 Å². The molecule has 0 bridgehead atoms. The van der Waals surface area contributed by atoms with Crippen LogP contribution in [0.15, 0.2) is 29.6 Å². The zero-order chi connectivity index (χ0) is 17.9. The van der Waals surface area contributed by atoms with Crippen molar-refractivity contribution in [3.63, 3.8) is 0 Å². The smallest absolute Gasteiger partial charge is 0.341 e. The minimum atomic E-state index is -0.940. The molecule has 3 N–H and O–H groups in total. The number of phenolic OH excluding ortho intramolecular Hbond substituents is 1. The van der Waals surface area contributed by atoms with E-state index >= 15 is 0 Å². The molecule has 0 radical (unpaired) electrons. The summed E-state index contributed by atoms with van der Waals surface area (Å²) in [5.74, 6) is -0.113. The summed E-state index contributed by atoms with van der Waals surface area (Å²) in [6.07, 6.45) is 0.160. The molecule has 0 aliphatic carbocycles. The molecule has 0 aliphatic heterocycles. The van der Waals surface area contributed by atoms with Gasteiger partial charge in [-0.15, -0.1) is 28.1 Å². The fraction of sp³-hybridized carbons (Fsp3) is 0.429. The number of aromatic hydroxyl groups is 1. The number of nitrogens with zero attached hydrogens (tertiary/aromatic N) is 2. The number of phenols is 1. The molecule has 0 saturated heterocycles. The van der Waals surface area contributed by atoms with Crippen LogP contribution in [0.1, 0.15) is 5.56 Å². The lowest BCUT2D eigenvalue weighted by Crippen LogP contribution is -2.51. The largest absolute Gasteiger partial charge is 0.508 e.